The van der Waals surface area contributed by atoms with Crippen molar-refractivity contribution in [1.82, 2.24) is 25.1 Å². The van der Waals surface area contributed by atoms with Crippen molar-refractivity contribution in [2.24, 2.45) is 0 Å². The van der Waals surface area contributed by atoms with Crippen molar-refractivity contribution in [3.63, 3.8) is 0 Å². The van der Waals surface area contributed by atoms with Crippen LogP contribution in [0.15, 0.2) is 36.9 Å². The molecule has 25 heavy (non-hydrogen) atoms. The van der Waals surface area contributed by atoms with Gasteiger partial charge in [-0.15, -0.1) is 0 Å². The van der Waals surface area contributed by atoms with E-state index in [0.29, 0.717) is 31.2 Å². The average Bonchev–Trinajstić information content (AvgIpc) is 3.06. The SMILES string of the molecule is O=C(c1ccnnc1)N1CC[C@@]2(C[C@@H](Nc3ncccn3)CCO2)C1. The molecule has 4 heterocycles. The quantitative estimate of drug-likeness (QED) is 0.895. The predicted molar refractivity (Wildman–Crippen MR) is 89.9 cm³/mol. The van der Waals surface area contributed by atoms with Gasteiger partial charge >= 0.3 is 0 Å². The van der Waals surface area contributed by atoms with Crippen molar-refractivity contribution in [2.45, 2.75) is 30.9 Å². The monoisotopic (exact) mass is 340 g/mol. The van der Waals surface area contributed by atoms with E-state index in [2.05, 4.69) is 25.5 Å². The minimum absolute atomic E-state index is 0.0168. The Kier molecular flexibility index (Phi) is 4.27. The summed E-state index contributed by atoms with van der Waals surface area (Å²) in [6, 6.07) is 3.73. The number of carbonyl (C=O) groups excluding carboxylic acids is 1. The minimum atomic E-state index is -0.291. The molecule has 0 aliphatic carbocycles. The number of ether oxygens (including phenoxy) is 1. The molecule has 2 aromatic heterocycles. The van der Waals surface area contributed by atoms with Crippen molar-refractivity contribution < 1.29 is 9.53 Å². The van der Waals surface area contributed by atoms with Gasteiger partial charge in [0.25, 0.3) is 5.91 Å². The van der Waals surface area contributed by atoms with E-state index in [9.17, 15) is 4.79 Å². The summed E-state index contributed by atoms with van der Waals surface area (Å²) < 4.78 is 6.11. The minimum Gasteiger partial charge on any atom is -0.373 e. The first-order valence-corrected chi connectivity index (χ1v) is 8.48. The van der Waals surface area contributed by atoms with E-state index in [1.807, 2.05) is 4.90 Å². The summed E-state index contributed by atoms with van der Waals surface area (Å²) in [4.78, 5) is 22.9. The molecule has 2 aliphatic rings. The Morgan fingerprint density at radius 3 is 2.96 bits per heavy atom. The molecular formula is C17H20N6O2. The molecule has 0 aromatic carbocycles. The van der Waals surface area contributed by atoms with Crippen molar-refractivity contribution in [1.29, 1.82) is 0 Å². The molecule has 2 fully saturated rings. The van der Waals surface area contributed by atoms with Gasteiger partial charge in [-0.1, -0.05) is 0 Å². The van der Waals surface area contributed by atoms with Crippen LogP contribution < -0.4 is 5.32 Å². The Hall–Kier alpha value is -2.61. The van der Waals surface area contributed by atoms with Crippen LogP contribution in [0.4, 0.5) is 5.95 Å². The molecule has 0 radical (unpaired) electrons. The van der Waals surface area contributed by atoms with Crippen LogP contribution in [-0.4, -0.2) is 62.3 Å². The highest BCUT2D eigenvalue weighted by molar-refractivity contribution is 5.94. The number of hydrogen-bond acceptors (Lipinski definition) is 7. The van der Waals surface area contributed by atoms with E-state index in [-0.39, 0.29) is 17.6 Å². The molecule has 1 amide bonds. The lowest BCUT2D eigenvalue weighted by Gasteiger charge is -2.38. The molecule has 0 saturated carbocycles. The highest BCUT2D eigenvalue weighted by Crippen LogP contribution is 2.35. The number of aromatic nitrogens is 4. The van der Waals surface area contributed by atoms with E-state index in [4.69, 9.17) is 4.74 Å². The summed E-state index contributed by atoms with van der Waals surface area (Å²) in [5.41, 5.74) is 0.274. The summed E-state index contributed by atoms with van der Waals surface area (Å²) in [5.74, 6) is 0.621. The maximum atomic E-state index is 12.6. The van der Waals surface area contributed by atoms with E-state index < -0.39 is 0 Å². The molecule has 4 rings (SSSR count). The summed E-state index contributed by atoms with van der Waals surface area (Å²) in [7, 11) is 0. The summed E-state index contributed by atoms with van der Waals surface area (Å²) in [6.45, 7) is 1.96. The molecule has 8 heteroatoms. The molecule has 2 aliphatic heterocycles. The number of amides is 1. The molecule has 2 aromatic rings. The van der Waals surface area contributed by atoms with E-state index in [1.165, 1.54) is 12.4 Å². The zero-order chi connectivity index (χ0) is 17.1. The summed E-state index contributed by atoms with van der Waals surface area (Å²) >= 11 is 0. The number of nitrogens with zero attached hydrogens (tertiary/aromatic N) is 5. The molecule has 1 N–H and O–H groups in total. The van der Waals surface area contributed by atoms with Crippen LogP contribution in [-0.2, 0) is 4.74 Å². The normalized spacial score (nSPS) is 25.9. The Balaban J connectivity index is 1.41. The Labute approximate surface area is 145 Å². The van der Waals surface area contributed by atoms with Crippen molar-refractivity contribution in [2.75, 3.05) is 25.0 Å². The molecule has 2 saturated heterocycles. The zero-order valence-electron chi connectivity index (χ0n) is 13.8. The second-order valence-corrected chi connectivity index (χ2v) is 6.55. The molecule has 2 atom stereocenters. The maximum Gasteiger partial charge on any atom is 0.255 e. The van der Waals surface area contributed by atoms with Crippen LogP contribution in [0.25, 0.3) is 0 Å². The van der Waals surface area contributed by atoms with Gasteiger partial charge in [0.05, 0.1) is 30.1 Å². The second kappa shape index (κ2) is 6.72. The van der Waals surface area contributed by atoms with Gasteiger partial charge in [0.15, 0.2) is 0 Å². The van der Waals surface area contributed by atoms with Gasteiger partial charge in [0, 0.05) is 31.6 Å². The Bertz CT molecular complexity index is 728. The van der Waals surface area contributed by atoms with E-state index in [1.54, 1.807) is 24.5 Å². The van der Waals surface area contributed by atoms with Crippen LogP contribution in [0.3, 0.4) is 0 Å². The topological polar surface area (TPSA) is 93.1 Å². The van der Waals surface area contributed by atoms with Crippen LogP contribution in [0.2, 0.25) is 0 Å². The number of likely N-dealkylation sites (tertiary alicyclic amines) is 1. The lowest BCUT2D eigenvalue weighted by Crippen LogP contribution is -2.47. The largest absolute Gasteiger partial charge is 0.373 e. The van der Waals surface area contributed by atoms with E-state index >= 15 is 0 Å². The fraction of sp³-hybridized carbons (Fsp3) is 0.471. The van der Waals surface area contributed by atoms with Crippen LogP contribution in [0, 0.1) is 0 Å². The molecule has 130 valence electrons. The first-order valence-electron chi connectivity index (χ1n) is 8.48. The summed E-state index contributed by atoms with van der Waals surface area (Å²) in [6.07, 6.45) is 9.07. The second-order valence-electron chi connectivity index (χ2n) is 6.55. The standard InChI is InChI=1S/C17H20N6O2/c24-15(13-2-7-20-21-11-13)23-8-4-17(12-23)10-14(3-9-25-17)22-16-18-5-1-6-19-16/h1-2,5-7,11,14H,3-4,8-10,12H2,(H,18,19,22)/t14-,17+/m0/s1. The van der Waals surface area contributed by atoms with Gasteiger partial charge < -0.3 is 15.0 Å². The van der Waals surface area contributed by atoms with Gasteiger partial charge in [-0.05, 0) is 31.4 Å². The van der Waals surface area contributed by atoms with Crippen molar-refractivity contribution in [3.8, 4) is 0 Å². The van der Waals surface area contributed by atoms with Gasteiger partial charge in [-0.3, -0.25) is 4.79 Å². The predicted octanol–water partition coefficient (Wildman–Crippen LogP) is 1.14. The van der Waals surface area contributed by atoms with E-state index in [0.717, 1.165) is 19.3 Å². The average molecular weight is 340 g/mol. The first kappa shape index (κ1) is 15.9. The van der Waals surface area contributed by atoms with Crippen molar-refractivity contribution >= 4 is 11.9 Å². The summed E-state index contributed by atoms with van der Waals surface area (Å²) in [5, 5.41) is 10.9. The molecule has 0 unspecified atom stereocenters. The Morgan fingerprint density at radius 2 is 2.16 bits per heavy atom. The van der Waals surface area contributed by atoms with Gasteiger partial charge in [0.2, 0.25) is 5.95 Å². The zero-order valence-corrected chi connectivity index (χ0v) is 13.8. The third-order valence-corrected chi connectivity index (χ3v) is 4.83. The van der Waals surface area contributed by atoms with Gasteiger partial charge in [-0.25, -0.2) is 9.97 Å². The number of nitrogens with one attached hydrogen (secondary N) is 1. The number of hydrogen-bond donors (Lipinski definition) is 1. The Morgan fingerprint density at radius 1 is 1.28 bits per heavy atom. The fourth-order valence-electron chi connectivity index (χ4n) is 3.61. The van der Waals surface area contributed by atoms with Crippen molar-refractivity contribution in [3.05, 3.63) is 42.5 Å². The number of rotatable bonds is 3. The molecule has 8 nitrogen and oxygen atoms in total. The molecular weight excluding hydrogens is 320 g/mol. The highest BCUT2D eigenvalue weighted by atomic mass is 16.5. The maximum absolute atomic E-state index is 12.6. The lowest BCUT2D eigenvalue weighted by molar-refractivity contribution is -0.0721. The van der Waals surface area contributed by atoms with Crippen LogP contribution in [0.1, 0.15) is 29.6 Å². The van der Waals surface area contributed by atoms with Gasteiger partial charge in [0.1, 0.15) is 0 Å². The lowest BCUT2D eigenvalue weighted by atomic mass is 9.89. The first-order chi connectivity index (χ1) is 12.2. The van der Waals surface area contributed by atoms with Crippen LogP contribution in [0.5, 0.6) is 0 Å². The molecule has 0 bridgehead atoms. The third-order valence-electron chi connectivity index (χ3n) is 4.83. The van der Waals surface area contributed by atoms with Gasteiger partial charge in [-0.2, -0.15) is 10.2 Å². The van der Waals surface area contributed by atoms with Crippen LogP contribution >= 0.6 is 0 Å². The number of anilines is 1. The third kappa shape index (κ3) is 3.43. The smallest absolute Gasteiger partial charge is 0.255 e. The fourth-order valence-corrected chi connectivity index (χ4v) is 3.61. The highest BCUT2D eigenvalue weighted by Gasteiger charge is 2.44. The molecule has 1 spiro atoms. The number of carbonyl (C=O) groups is 1.